The van der Waals surface area contributed by atoms with Crippen molar-refractivity contribution in [3.8, 4) is 0 Å². The number of fused-ring (bicyclic) bond motifs is 4. The molecule has 3 aliphatic rings. The summed E-state index contributed by atoms with van der Waals surface area (Å²) in [5.41, 5.74) is 0.235. The number of benzene rings is 1. The smallest absolute Gasteiger partial charge is 0.261 e. The van der Waals surface area contributed by atoms with Crippen LogP contribution in [0, 0.1) is 11.7 Å². The fourth-order valence-electron chi connectivity index (χ4n) is 4.48. The Balaban J connectivity index is 1.44. The van der Waals surface area contributed by atoms with E-state index in [9.17, 15) is 9.18 Å². The van der Waals surface area contributed by atoms with Gasteiger partial charge in [0.15, 0.2) is 0 Å². The minimum atomic E-state index is -0.439. The van der Waals surface area contributed by atoms with Crippen molar-refractivity contribution in [1.82, 2.24) is 10.2 Å². The van der Waals surface area contributed by atoms with Gasteiger partial charge in [-0.05, 0) is 49.2 Å². The Kier molecular flexibility index (Phi) is 2.89. The molecule has 1 amide bonds. The van der Waals surface area contributed by atoms with Crippen LogP contribution in [0.1, 0.15) is 28.9 Å². The first kappa shape index (κ1) is 14.2. The number of halogens is 2. The van der Waals surface area contributed by atoms with E-state index in [0.29, 0.717) is 15.5 Å². The van der Waals surface area contributed by atoms with Crippen molar-refractivity contribution in [3.05, 3.63) is 33.9 Å². The number of nitrogens with zero attached hydrogens (tertiary/aromatic N) is 1. The van der Waals surface area contributed by atoms with Crippen LogP contribution in [0.15, 0.2) is 18.2 Å². The molecule has 2 unspecified atom stereocenters. The summed E-state index contributed by atoms with van der Waals surface area (Å²) in [5, 5.41) is 4.20. The van der Waals surface area contributed by atoms with Gasteiger partial charge in [-0.25, -0.2) is 4.39 Å². The van der Waals surface area contributed by atoms with Gasteiger partial charge in [0.25, 0.3) is 5.91 Å². The standard InChI is InChI=1S/C17H16ClFN2OS/c18-13-11(19)2-1-9-7-12(23-14(9)13)16(22)20-15-10-3-6-21(8-10)17(15)4-5-17/h1-2,7,10,15H,3-6,8H2,(H,20,22)/t10?,15-/m1/s1. The van der Waals surface area contributed by atoms with Crippen molar-refractivity contribution in [3.63, 3.8) is 0 Å². The van der Waals surface area contributed by atoms with Gasteiger partial charge in [-0.15, -0.1) is 11.3 Å². The van der Waals surface area contributed by atoms with Crippen LogP contribution in [-0.4, -0.2) is 35.5 Å². The van der Waals surface area contributed by atoms with Crippen LogP contribution in [0.3, 0.4) is 0 Å². The average molecular weight is 351 g/mol. The van der Waals surface area contributed by atoms with E-state index in [2.05, 4.69) is 10.2 Å². The van der Waals surface area contributed by atoms with E-state index in [1.165, 1.54) is 43.2 Å². The van der Waals surface area contributed by atoms with E-state index < -0.39 is 5.82 Å². The lowest BCUT2D eigenvalue weighted by Crippen LogP contribution is -2.51. The van der Waals surface area contributed by atoms with E-state index in [-0.39, 0.29) is 22.5 Å². The lowest BCUT2D eigenvalue weighted by molar-refractivity contribution is 0.0896. The number of carbonyl (C=O) groups excluding carboxylic acids is 1. The van der Waals surface area contributed by atoms with E-state index in [0.717, 1.165) is 11.9 Å². The van der Waals surface area contributed by atoms with Gasteiger partial charge in [0, 0.05) is 12.1 Å². The van der Waals surface area contributed by atoms with E-state index in [1.807, 2.05) is 6.07 Å². The number of rotatable bonds is 2. The number of thiophene rings is 1. The maximum atomic E-state index is 13.6. The SMILES string of the molecule is O=C(N[C@@H]1C2CCN(C2)C12CC2)c1cc2ccc(F)c(Cl)c2s1. The molecule has 120 valence electrons. The van der Waals surface area contributed by atoms with E-state index in [1.54, 1.807) is 6.07 Å². The molecule has 1 aliphatic carbocycles. The normalized spacial score (nSPS) is 30.3. The Bertz CT molecular complexity index is 831. The summed E-state index contributed by atoms with van der Waals surface area (Å²) < 4.78 is 14.2. The maximum absolute atomic E-state index is 13.6. The summed E-state index contributed by atoms with van der Waals surface area (Å²) in [5.74, 6) is 0.0929. The molecule has 1 aromatic carbocycles. The Hall–Kier alpha value is -1.17. The summed E-state index contributed by atoms with van der Waals surface area (Å²) in [4.78, 5) is 15.9. The second-order valence-electron chi connectivity index (χ2n) is 6.94. The number of carbonyl (C=O) groups is 1. The van der Waals surface area contributed by atoms with Gasteiger partial charge >= 0.3 is 0 Å². The zero-order valence-electron chi connectivity index (χ0n) is 12.4. The molecule has 2 aromatic rings. The molecule has 0 radical (unpaired) electrons. The zero-order valence-corrected chi connectivity index (χ0v) is 14.0. The summed E-state index contributed by atoms with van der Waals surface area (Å²) >= 11 is 7.29. The fourth-order valence-corrected chi connectivity index (χ4v) is 5.75. The Morgan fingerprint density at radius 1 is 1.43 bits per heavy atom. The van der Waals surface area contributed by atoms with Crippen molar-refractivity contribution < 1.29 is 9.18 Å². The molecule has 3 nitrogen and oxygen atoms in total. The van der Waals surface area contributed by atoms with Crippen LogP contribution >= 0.6 is 22.9 Å². The highest BCUT2D eigenvalue weighted by molar-refractivity contribution is 7.21. The number of nitrogens with one attached hydrogen (secondary N) is 1. The molecule has 2 bridgehead atoms. The lowest BCUT2D eigenvalue weighted by Gasteiger charge is -2.33. The van der Waals surface area contributed by atoms with Crippen LogP contribution in [0.2, 0.25) is 5.02 Å². The van der Waals surface area contributed by atoms with Gasteiger partial charge < -0.3 is 5.32 Å². The second kappa shape index (κ2) is 4.68. The van der Waals surface area contributed by atoms with E-state index in [4.69, 9.17) is 11.6 Å². The molecule has 1 N–H and O–H groups in total. The summed E-state index contributed by atoms with van der Waals surface area (Å²) in [6.45, 7) is 2.29. The average Bonchev–Trinajstić information content (AvgIpc) is 2.93. The van der Waals surface area contributed by atoms with Crippen LogP contribution in [0.25, 0.3) is 10.1 Å². The van der Waals surface area contributed by atoms with Gasteiger partial charge in [0.1, 0.15) is 5.82 Å². The van der Waals surface area contributed by atoms with Crippen molar-refractivity contribution in [2.24, 2.45) is 5.92 Å². The first-order valence-electron chi connectivity index (χ1n) is 8.02. The summed E-state index contributed by atoms with van der Waals surface area (Å²) in [6.07, 6.45) is 3.56. The Morgan fingerprint density at radius 2 is 2.26 bits per heavy atom. The highest BCUT2D eigenvalue weighted by atomic mass is 35.5. The minimum Gasteiger partial charge on any atom is -0.346 e. The van der Waals surface area contributed by atoms with Gasteiger partial charge in [-0.2, -0.15) is 0 Å². The molecule has 2 aliphatic heterocycles. The third kappa shape index (κ3) is 1.93. The van der Waals surface area contributed by atoms with Crippen molar-refractivity contribution in [2.45, 2.75) is 30.8 Å². The van der Waals surface area contributed by atoms with Gasteiger partial charge in [-0.1, -0.05) is 17.7 Å². The topological polar surface area (TPSA) is 32.3 Å². The Morgan fingerprint density at radius 3 is 3.04 bits per heavy atom. The molecule has 6 heteroatoms. The van der Waals surface area contributed by atoms with Gasteiger partial charge in [0.2, 0.25) is 0 Å². The summed E-state index contributed by atoms with van der Waals surface area (Å²) in [6, 6.07) is 5.10. The molecule has 23 heavy (non-hydrogen) atoms. The first-order valence-corrected chi connectivity index (χ1v) is 9.21. The first-order chi connectivity index (χ1) is 11.1. The second-order valence-corrected chi connectivity index (χ2v) is 8.37. The molecular formula is C17H16ClFN2OS. The molecule has 3 fully saturated rings. The van der Waals surface area contributed by atoms with Crippen LogP contribution in [0.5, 0.6) is 0 Å². The summed E-state index contributed by atoms with van der Waals surface area (Å²) in [7, 11) is 0. The van der Waals surface area contributed by atoms with E-state index >= 15 is 0 Å². The fraction of sp³-hybridized carbons (Fsp3) is 0.471. The van der Waals surface area contributed by atoms with Crippen LogP contribution in [0.4, 0.5) is 4.39 Å². The molecule has 1 saturated carbocycles. The van der Waals surface area contributed by atoms with Crippen molar-refractivity contribution in [2.75, 3.05) is 13.1 Å². The predicted octanol–water partition coefficient (Wildman–Crippen LogP) is 3.66. The highest BCUT2D eigenvalue weighted by Crippen LogP contribution is 2.55. The van der Waals surface area contributed by atoms with Gasteiger partial charge in [-0.3, -0.25) is 9.69 Å². The minimum absolute atomic E-state index is 0.0484. The third-order valence-electron chi connectivity index (χ3n) is 5.76. The largest absolute Gasteiger partial charge is 0.346 e. The molecule has 1 spiro atoms. The molecule has 5 rings (SSSR count). The maximum Gasteiger partial charge on any atom is 0.261 e. The molecular weight excluding hydrogens is 335 g/mol. The van der Waals surface area contributed by atoms with Crippen molar-refractivity contribution >= 4 is 38.9 Å². The highest BCUT2D eigenvalue weighted by Gasteiger charge is 2.63. The number of amides is 1. The monoisotopic (exact) mass is 350 g/mol. The quantitative estimate of drug-likeness (QED) is 0.896. The van der Waals surface area contributed by atoms with Crippen molar-refractivity contribution in [1.29, 1.82) is 0 Å². The third-order valence-corrected chi connectivity index (χ3v) is 7.41. The molecule has 3 heterocycles. The Labute approximate surface area is 142 Å². The van der Waals surface area contributed by atoms with Crippen LogP contribution < -0.4 is 5.32 Å². The van der Waals surface area contributed by atoms with Crippen LogP contribution in [-0.2, 0) is 0 Å². The molecule has 3 atom stereocenters. The van der Waals surface area contributed by atoms with Gasteiger partial charge in [0.05, 0.1) is 20.6 Å². The predicted molar refractivity (Wildman–Crippen MR) is 89.7 cm³/mol. The zero-order chi connectivity index (χ0) is 15.8. The lowest BCUT2D eigenvalue weighted by atomic mass is 9.92. The number of hydrogen-bond acceptors (Lipinski definition) is 3. The number of hydrogen-bond donors (Lipinski definition) is 1. The number of piperidine rings is 1. The molecule has 1 aromatic heterocycles. The molecule has 2 saturated heterocycles.